The summed E-state index contributed by atoms with van der Waals surface area (Å²) in [5.41, 5.74) is 5.53. The first-order valence-corrected chi connectivity index (χ1v) is 6.10. The van der Waals surface area contributed by atoms with Crippen LogP contribution >= 0.6 is 0 Å². The van der Waals surface area contributed by atoms with Crippen LogP contribution in [-0.4, -0.2) is 12.8 Å². The Labute approximate surface area is 108 Å². The molecule has 0 unspecified atom stereocenters. The van der Waals surface area contributed by atoms with Gasteiger partial charge in [-0.05, 0) is 43.2 Å². The van der Waals surface area contributed by atoms with Crippen molar-refractivity contribution in [3.05, 3.63) is 59.7 Å². The number of anilines is 1. The van der Waals surface area contributed by atoms with Crippen LogP contribution in [0.2, 0.25) is 0 Å². The fourth-order valence-corrected chi connectivity index (χ4v) is 1.81. The van der Waals surface area contributed by atoms with E-state index in [4.69, 9.17) is 0 Å². The van der Waals surface area contributed by atoms with Crippen LogP contribution in [0.3, 0.4) is 0 Å². The third kappa shape index (κ3) is 2.77. The summed E-state index contributed by atoms with van der Waals surface area (Å²) in [6.07, 6.45) is 0. The van der Waals surface area contributed by atoms with Gasteiger partial charge in [0, 0.05) is 18.4 Å². The monoisotopic (exact) mass is 238 g/mol. The molecule has 2 heteroatoms. The molecule has 0 aromatic heterocycles. The summed E-state index contributed by atoms with van der Waals surface area (Å²) in [5.74, 6) is 0. The maximum Gasteiger partial charge on any atom is 0.0662 e. The molecule has 0 aliphatic carbocycles. The molecule has 2 aromatic carbocycles. The normalized spacial score (nSPS) is 11.4. The van der Waals surface area contributed by atoms with Crippen LogP contribution in [0.25, 0.3) is 0 Å². The Morgan fingerprint density at radius 3 is 2.28 bits per heavy atom. The third-order valence-electron chi connectivity index (χ3n) is 2.99. The largest absolute Gasteiger partial charge is 0.388 e. The van der Waals surface area contributed by atoms with Gasteiger partial charge in [-0.1, -0.05) is 30.3 Å². The lowest BCUT2D eigenvalue weighted by atomic mass is 10.1. The summed E-state index contributed by atoms with van der Waals surface area (Å²) >= 11 is 0. The van der Waals surface area contributed by atoms with Gasteiger partial charge in [0.2, 0.25) is 0 Å². The molecule has 0 bridgehead atoms. The standard InChI is InChI=1S/C16H18N2/c1-12-6-4-5-7-16(12)18-13(2)14-8-10-15(17-3)11-9-14/h4-11,17H,1-3H3. The number of para-hydroxylation sites is 1. The molecular formula is C16H18N2. The van der Waals surface area contributed by atoms with Crippen molar-refractivity contribution in [3.63, 3.8) is 0 Å². The zero-order chi connectivity index (χ0) is 13.0. The van der Waals surface area contributed by atoms with Gasteiger partial charge in [-0.15, -0.1) is 0 Å². The quantitative estimate of drug-likeness (QED) is 0.797. The first-order valence-electron chi connectivity index (χ1n) is 6.10. The highest BCUT2D eigenvalue weighted by Gasteiger charge is 1.99. The molecule has 2 rings (SSSR count). The molecule has 0 amide bonds. The van der Waals surface area contributed by atoms with Crippen LogP contribution in [0.5, 0.6) is 0 Å². The average molecular weight is 238 g/mol. The third-order valence-corrected chi connectivity index (χ3v) is 2.99. The molecule has 0 heterocycles. The van der Waals surface area contributed by atoms with Gasteiger partial charge in [0.05, 0.1) is 5.69 Å². The van der Waals surface area contributed by atoms with Gasteiger partial charge in [0.15, 0.2) is 0 Å². The highest BCUT2D eigenvalue weighted by atomic mass is 14.8. The number of benzene rings is 2. The first-order chi connectivity index (χ1) is 8.70. The molecule has 92 valence electrons. The zero-order valence-electron chi connectivity index (χ0n) is 11.1. The maximum atomic E-state index is 4.68. The highest BCUT2D eigenvalue weighted by molar-refractivity contribution is 6.00. The van der Waals surface area contributed by atoms with Crippen LogP contribution in [0.4, 0.5) is 11.4 Å². The number of nitrogens with zero attached hydrogens (tertiary/aromatic N) is 1. The van der Waals surface area contributed by atoms with Crippen molar-refractivity contribution >= 4 is 17.1 Å². The van der Waals surface area contributed by atoms with Crippen molar-refractivity contribution in [1.82, 2.24) is 0 Å². The highest BCUT2D eigenvalue weighted by Crippen LogP contribution is 2.19. The summed E-state index contributed by atoms with van der Waals surface area (Å²) in [7, 11) is 1.92. The van der Waals surface area contributed by atoms with Crippen LogP contribution in [0, 0.1) is 6.92 Å². The van der Waals surface area contributed by atoms with E-state index in [-0.39, 0.29) is 0 Å². The van der Waals surface area contributed by atoms with Crippen molar-refractivity contribution in [2.75, 3.05) is 12.4 Å². The number of nitrogens with one attached hydrogen (secondary N) is 1. The average Bonchev–Trinajstić information content (AvgIpc) is 2.41. The summed E-state index contributed by atoms with van der Waals surface area (Å²) in [4.78, 5) is 4.68. The lowest BCUT2D eigenvalue weighted by Gasteiger charge is -2.05. The molecule has 0 radical (unpaired) electrons. The van der Waals surface area contributed by atoms with E-state index in [1.807, 2.05) is 32.2 Å². The molecule has 0 aliphatic heterocycles. The van der Waals surface area contributed by atoms with Gasteiger partial charge < -0.3 is 5.32 Å². The van der Waals surface area contributed by atoms with Crippen LogP contribution < -0.4 is 5.32 Å². The molecular weight excluding hydrogens is 220 g/mol. The van der Waals surface area contributed by atoms with E-state index in [0.717, 1.165) is 22.6 Å². The minimum Gasteiger partial charge on any atom is -0.388 e. The van der Waals surface area contributed by atoms with Crippen molar-refractivity contribution in [2.45, 2.75) is 13.8 Å². The second-order valence-corrected chi connectivity index (χ2v) is 4.31. The van der Waals surface area contributed by atoms with Crippen LogP contribution in [-0.2, 0) is 0 Å². The Morgan fingerprint density at radius 2 is 1.67 bits per heavy atom. The number of rotatable bonds is 3. The summed E-state index contributed by atoms with van der Waals surface area (Å²) in [5, 5.41) is 3.11. The van der Waals surface area contributed by atoms with Crippen molar-refractivity contribution in [2.24, 2.45) is 4.99 Å². The Balaban J connectivity index is 2.30. The number of aryl methyl sites for hydroxylation is 1. The van der Waals surface area contributed by atoms with E-state index in [9.17, 15) is 0 Å². The second-order valence-electron chi connectivity index (χ2n) is 4.31. The van der Waals surface area contributed by atoms with E-state index < -0.39 is 0 Å². The lowest BCUT2D eigenvalue weighted by Crippen LogP contribution is -1.95. The summed E-state index contributed by atoms with van der Waals surface area (Å²) < 4.78 is 0. The smallest absolute Gasteiger partial charge is 0.0662 e. The minimum absolute atomic E-state index is 1.03. The predicted octanol–water partition coefficient (Wildman–Crippen LogP) is 4.18. The molecule has 0 saturated heterocycles. The molecule has 0 saturated carbocycles. The Hall–Kier alpha value is -2.09. The second kappa shape index (κ2) is 5.50. The van der Waals surface area contributed by atoms with Crippen molar-refractivity contribution < 1.29 is 0 Å². The van der Waals surface area contributed by atoms with E-state index in [2.05, 4.69) is 47.6 Å². The fourth-order valence-electron chi connectivity index (χ4n) is 1.81. The maximum absolute atomic E-state index is 4.68. The number of hydrogen-bond donors (Lipinski definition) is 1. The molecule has 2 nitrogen and oxygen atoms in total. The number of hydrogen-bond acceptors (Lipinski definition) is 2. The molecule has 1 N–H and O–H groups in total. The molecule has 0 fully saturated rings. The van der Waals surface area contributed by atoms with E-state index >= 15 is 0 Å². The Kier molecular flexibility index (Phi) is 3.78. The molecule has 18 heavy (non-hydrogen) atoms. The van der Waals surface area contributed by atoms with Crippen molar-refractivity contribution in [3.8, 4) is 0 Å². The SMILES string of the molecule is CNc1ccc(C(C)=Nc2ccccc2C)cc1. The molecule has 2 aromatic rings. The molecule has 0 aliphatic rings. The van der Waals surface area contributed by atoms with Gasteiger partial charge >= 0.3 is 0 Å². The van der Waals surface area contributed by atoms with Gasteiger partial charge in [-0.2, -0.15) is 0 Å². The summed E-state index contributed by atoms with van der Waals surface area (Å²) in [6.45, 7) is 4.12. The topological polar surface area (TPSA) is 24.4 Å². The fraction of sp³-hybridized carbons (Fsp3) is 0.188. The molecule has 0 spiro atoms. The first kappa shape index (κ1) is 12.4. The van der Waals surface area contributed by atoms with Gasteiger partial charge in [0.1, 0.15) is 0 Å². The van der Waals surface area contributed by atoms with E-state index in [1.165, 1.54) is 5.56 Å². The van der Waals surface area contributed by atoms with E-state index in [0.29, 0.717) is 0 Å². The lowest BCUT2D eigenvalue weighted by molar-refractivity contribution is 1.38. The van der Waals surface area contributed by atoms with E-state index in [1.54, 1.807) is 0 Å². The van der Waals surface area contributed by atoms with Crippen molar-refractivity contribution in [1.29, 1.82) is 0 Å². The Morgan fingerprint density at radius 1 is 1.00 bits per heavy atom. The Bertz CT molecular complexity index is 554. The minimum atomic E-state index is 1.03. The van der Waals surface area contributed by atoms with Crippen LogP contribution in [0.1, 0.15) is 18.1 Å². The number of aliphatic imine (C=N–C) groups is 1. The summed E-state index contributed by atoms with van der Waals surface area (Å²) in [6, 6.07) is 16.5. The zero-order valence-corrected chi connectivity index (χ0v) is 11.1. The van der Waals surface area contributed by atoms with Gasteiger partial charge in [0.25, 0.3) is 0 Å². The predicted molar refractivity (Wildman–Crippen MR) is 79.0 cm³/mol. The molecule has 0 atom stereocenters. The van der Waals surface area contributed by atoms with Gasteiger partial charge in [-0.3, -0.25) is 4.99 Å². The van der Waals surface area contributed by atoms with Gasteiger partial charge in [-0.25, -0.2) is 0 Å². The van der Waals surface area contributed by atoms with Crippen LogP contribution in [0.15, 0.2) is 53.5 Å².